The maximum Gasteiger partial charge on any atom is 0.0558 e. The minimum atomic E-state index is 0.280. The summed E-state index contributed by atoms with van der Waals surface area (Å²) in [7, 11) is 2.13. The van der Waals surface area contributed by atoms with Crippen LogP contribution in [0.3, 0.4) is 0 Å². The van der Waals surface area contributed by atoms with Gasteiger partial charge in [-0.05, 0) is 38.1 Å². The molecule has 0 amide bonds. The highest BCUT2D eigenvalue weighted by Crippen LogP contribution is 2.38. The first-order valence-corrected chi connectivity index (χ1v) is 6.77. The number of aliphatic hydroxyl groups is 1. The molecule has 2 fully saturated rings. The Morgan fingerprint density at radius 1 is 1.31 bits per heavy atom. The van der Waals surface area contributed by atoms with E-state index in [1.165, 1.54) is 45.1 Å². The van der Waals surface area contributed by atoms with E-state index in [1.807, 2.05) is 0 Å². The van der Waals surface area contributed by atoms with Crippen molar-refractivity contribution in [3.8, 4) is 0 Å². The SMILES string of the molecule is CN(CCO)CC1(CNC2CC2)CCCC1. The van der Waals surface area contributed by atoms with Crippen LogP contribution in [0.25, 0.3) is 0 Å². The number of aliphatic hydroxyl groups excluding tert-OH is 1. The molecule has 94 valence electrons. The zero-order valence-corrected chi connectivity index (χ0v) is 10.5. The lowest BCUT2D eigenvalue weighted by atomic mass is 9.85. The third-order valence-electron chi connectivity index (χ3n) is 4.09. The van der Waals surface area contributed by atoms with Crippen LogP contribution < -0.4 is 5.32 Å². The van der Waals surface area contributed by atoms with Gasteiger partial charge in [-0.25, -0.2) is 0 Å². The summed E-state index contributed by atoms with van der Waals surface area (Å²) in [6.45, 7) is 3.43. The van der Waals surface area contributed by atoms with Crippen LogP contribution in [0.15, 0.2) is 0 Å². The molecule has 0 radical (unpaired) electrons. The van der Waals surface area contributed by atoms with Gasteiger partial charge in [0.05, 0.1) is 6.61 Å². The average molecular weight is 226 g/mol. The van der Waals surface area contributed by atoms with Crippen LogP contribution in [0.1, 0.15) is 38.5 Å². The molecule has 2 rings (SSSR count). The van der Waals surface area contributed by atoms with E-state index in [2.05, 4.69) is 17.3 Å². The summed E-state index contributed by atoms with van der Waals surface area (Å²) in [5.74, 6) is 0. The van der Waals surface area contributed by atoms with E-state index >= 15 is 0 Å². The Morgan fingerprint density at radius 3 is 2.56 bits per heavy atom. The minimum Gasteiger partial charge on any atom is -0.395 e. The van der Waals surface area contributed by atoms with E-state index in [9.17, 15) is 0 Å². The average Bonchev–Trinajstić information content (AvgIpc) is 2.98. The second kappa shape index (κ2) is 5.48. The third-order valence-corrected chi connectivity index (χ3v) is 4.09. The number of likely N-dealkylation sites (N-methyl/N-ethyl adjacent to an activating group) is 1. The predicted molar refractivity (Wildman–Crippen MR) is 66.5 cm³/mol. The lowest BCUT2D eigenvalue weighted by Gasteiger charge is -2.33. The first kappa shape index (κ1) is 12.3. The molecule has 16 heavy (non-hydrogen) atoms. The molecule has 0 spiro atoms. The Labute approximate surface area is 99.2 Å². The number of nitrogens with zero attached hydrogens (tertiary/aromatic N) is 1. The molecule has 0 bridgehead atoms. The molecule has 2 saturated carbocycles. The van der Waals surface area contributed by atoms with Crippen LogP contribution in [-0.2, 0) is 0 Å². The van der Waals surface area contributed by atoms with Gasteiger partial charge in [-0.2, -0.15) is 0 Å². The largest absolute Gasteiger partial charge is 0.395 e. The maximum absolute atomic E-state index is 8.97. The zero-order chi connectivity index (χ0) is 11.4. The Kier molecular flexibility index (Phi) is 4.22. The highest BCUT2D eigenvalue weighted by molar-refractivity contribution is 4.92. The molecule has 0 aliphatic heterocycles. The van der Waals surface area contributed by atoms with Crippen LogP contribution in [-0.4, -0.2) is 49.3 Å². The van der Waals surface area contributed by atoms with E-state index in [0.717, 1.165) is 19.1 Å². The highest BCUT2D eigenvalue weighted by atomic mass is 16.3. The summed E-state index contributed by atoms with van der Waals surface area (Å²) < 4.78 is 0. The second-order valence-corrected chi connectivity index (χ2v) is 5.82. The van der Waals surface area contributed by atoms with Gasteiger partial charge in [-0.3, -0.25) is 0 Å². The second-order valence-electron chi connectivity index (χ2n) is 5.82. The van der Waals surface area contributed by atoms with Crippen LogP contribution in [0.5, 0.6) is 0 Å². The molecule has 3 heteroatoms. The van der Waals surface area contributed by atoms with Crippen molar-refractivity contribution in [1.82, 2.24) is 10.2 Å². The fourth-order valence-corrected chi connectivity index (χ4v) is 2.99. The van der Waals surface area contributed by atoms with Gasteiger partial charge in [0.1, 0.15) is 0 Å². The standard InChI is InChI=1S/C13H26N2O/c1-15(8-9-16)11-13(6-2-3-7-13)10-14-12-4-5-12/h12,14,16H,2-11H2,1H3. The van der Waals surface area contributed by atoms with Crippen molar-refractivity contribution in [2.75, 3.05) is 33.3 Å². The molecule has 0 aromatic heterocycles. The van der Waals surface area contributed by atoms with Gasteiger partial charge in [-0.1, -0.05) is 12.8 Å². The number of hydrogen-bond donors (Lipinski definition) is 2. The predicted octanol–water partition coefficient (Wildman–Crippen LogP) is 1.22. The molecule has 0 saturated heterocycles. The Morgan fingerprint density at radius 2 is 2.00 bits per heavy atom. The topological polar surface area (TPSA) is 35.5 Å². The number of nitrogens with one attached hydrogen (secondary N) is 1. The monoisotopic (exact) mass is 226 g/mol. The van der Waals surface area contributed by atoms with Crippen molar-refractivity contribution in [1.29, 1.82) is 0 Å². The summed E-state index contributed by atoms with van der Waals surface area (Å²) in [4.78, 5) is 2.29. The molecule has 3 nitrogen and oxygen atoms in total. The van der Waals surface area contributed by atoms with Crippen molar-refractivity contribution in [3.05, 3.63) is 0 Å². The van der Waals surface area contributed by atoms with E-state index in [1.54, 1.807) is 0 Å². The van der Waals surface area contributed by atoms with E-state index in [4.69, 9.17) is 5.11 Å². The van der Waals surface area contributed by atoms with E-state index in [-0.39, 0.29) is 6.61 Å². The molecule has 0 aromatic rings. The number of hydrogen-bond acceptors (Lipinski definition) is 3. The molecule has 0 unspecified atom stereocenters. The summed E-state index contributed by atoms with van der Waals surface area (Å²) in [5.41, 5.74) is 0.493. The fourth-order valence-electron chi connectivity index (χ4n) is 2.99. The smallest absolute Gasteiger partial charge is 0.0558 e. The van der Waals surface area contributed by atoms with Gasteiger partial charge in [0.15, 0.2) is 0 Å². The zero-order valence-electron chi connectivity index (χ0n) is 10.5. The van der Waals surface area contributed by atoms with Gasteiger partial charge in [0.25, 0.3) is 0 Å². The Bertz CT molecular complexity index is 210. The Balaban J connectivity index is 1.81. The van der Waals surface area contributed by atoms with Crippen LogP contribution >= 0.6 is 0 Å². The highest BCUT2D eigenvalue weighted by Gasteiger charge is 2.36. The van der Waals surface area contributed by atoms with Crippen molar-refractivity contribution in [3.63, 3.8) is 0 Å². The van der Waals surface area contributed by atoms with Crippen molar-refractivity contribution in [2.45, 2.75) is 44.6 Å². The summed E-state index contributed by atoms with van der Waals surface area (Å²) in [6, 6.07) is 0.820. The van der Waals surface area contributed by atoms with Crippen molar-refractivity contribution < 1.29 is 5.11 Å². The first-order chi connectivity index (χ1) is 7.74. The van der Waals surface area contributed by atoms with Crippen LogP contribution in [0, 0.1) is 5.41 Å². The first-order valence-electron chi connectivity index (χ1n) is 6.77. The van der Waals surface area contributed by atoms with Gasteiger partial charge in [0.2, 0.25) is 0 Å². The number of rotatable bonds is 7. The molecule has 2 N–H and O–H groups in total. The van der Waals surface area contributed by atoms with Crippen molar-refractivity contribution >= 4 is 0 Å². The van der Waals surface area contributed by atoms with Gasteiger partial charge in [0, 0.05) is 25.7 Å². The van der Waals surface area contributed by atoms with E-state index < -0.39 is 0 Å². The maximum atomic E-state index is 8.97. The van der Waals surface area contributed by atoms with Crippen LogP contribution in [0.2, 0.25) is 0 Å². The molecule has 2 aliphatic rings. The van der Waals surface area contributed by atoms with Crippen LogP contribution in [0.4, 0.5) is 0 Å². The van der Waals surface area contributed by atoms with Crippen molar-refractivity contribution in [2.24, 2.45) is 5.41 Å². The summed E-state index contributed by atoms with van der Waals surface area (Å²) in [6.07, 6.45) is 8.26. The molecule has 0 atom stereocenters. The lowest BCUT2D eigenvalue weighted by Crippen LogP contribution is -2.42. The third kappa shape index (κ3) is 3.44. The molecule has 0 aromatic carbocycles. The normalized spacial score (nSPS) is 24.2. The summed E-state index contributed by atoms with van der Waals surface area (Å²) >= 11 is 0. The summed E-state index contributed by atoms with van der Waals surface area (Å²) in [5, 5.41) is 12.7. The van der Waals surface area contributed by atoms with Gasteiger partial charge in [-0.15, -0.1) is 0 Å². The minimum absolute atomic E-state index is 0.280. The lowest BCUT2D eigenvalue weighted by molar-refractivity contribution is 0.146. The Hall–Kier alpha value is -0.120. The van der Waals surface area contributed by atoms with Gasteiger partial charge >= 0.3 is 0 Å². The molecule has 0 heterocycles. The molecule has 2 aliphatic carbocycles. The molecular weight excluding hydrogens is 200 g/mol. The molecular formula is C13H26N2O. The quantitative estimate of drug-likeness (QED) is 0.685. The van der Waals surface area contributed by atoms with Gasteiger partial charge < -0.3 is 15.3 Å². The fraction of sp³-hybridized carbons (Fsp3) is 1.00. The van der Waals surface area contributed by atoms with E-state index in [0.29, 0.717) is 5.41 Å².